The zero-order chi connectivity index (χ0) is 24.2. The van der Waals surface area contributed by atoms with Crippen molar-refractivity contribution < 1.29 is 4.74 Å². The molecule has 0 fully saturated rings. The fraction of sp³-hybridized carbons (Fsp3) is 0.185. The van der Waals surface area contributed by atoms with Crippen molar-refractivity contribution in [1.82, 2.24) is 19.9 Å². The normalized spacial score (nSPS) is 12.0. The molecule has 4 heterocycles. The largest absolute Gasteiger partial charge is 0.494 e. The van der Waals surface area contributed by atoms with Gasteiger partial charge in [-0.1, -0.05) is 30.3 Å². The molecule has 0 spiro atoms. The van der Waals surface area contributed by atoms with E-state index in [0.29, 0.717) is 18.1 Å². The first kappa shape index (κ1) is 22.9. The number of nitrogens with zero attached hydrogens (tertiary/aromatic N) is 4. The van der Waals surface area contributed by atoms with Crippen LogP contribution in [0.5, 0.6) is 5.75 Å². The van der Waals surface area contributed by atoms with E-state index in [2.05, 4.69) is 34.3 Å². The summed E-state index contributed by atoms with van der Waals surface area (Å²) >= 11 is 1.66. The molecule has 0 saturated carbocycles. The van der Waals surface area contributed by atoms with Gasteiger partial charge in [-0.15, -0.1) is 11.3 Å². The molecule has 5 aromatic rings. The quantitative estimate of drug-likeness (QED) is 0.317. The highest BCUT2D eigenvalue weighted by atomic mass is 32.1. The van der Waals surface area contributed by atoms with Crippen LogP contribution >= 0.6 is 11.3 Å². The van der Waals surface area contributed by atoms with E-state index in [1.54, 1.807) is 43.2 Å². The third-order valence-electron chi connectivity index (χ3n) is 5.79. The number of hydrogen-bond acceptors (Lipinski definition) is 8. The maximum atomic E-state index is 6.48. The monoisotopic (exact) mass is 482 g/mol. The Morgan fingerprint density at radius 3 is 2.54 bits per heavy atom. The van der Waals surface area contributed by atoms with Crippen molar-refractivity contribution in [3.8, 4) is 28.3 Å². The number of nitrogens with one attached hydrogen (secondary N) is 1. The molecule has 3 N–H and O–H groups in total. The van der Waals surface area contributed by atoms with Crippen LogP contribution in [0, 0.1) is 6.92 Å². The number of methoxy groups -OCH3 is 1. The number of hydrogen-bond donors (Lipinski definition) is 2. The van der Waals surface area contributed by atoms with Gasteiger partial charge in [0.05, 0.1) is 23.5 Å². The van der Waals surface area contributed by atoms with E-state index in [0.717, 1.165) is 44.0 Å². The number of aryl methyl sites for hydroxylation is 1. The van der Waals surface area contributed by atoms with Gasteiger partial charge in [-0.2, -0.15) is 0 Å². The molecule has 0 bridgehead atoms. The Morgan fingerprint density at radius 1 is 1.00 bits per heavy atom. The summed E-state index contributed by atoms with van der Waals surface area (Å²) in [7, 11) is 1.66. The number of ether oxygens (including phenoxy) is 1. The van der Waals surface area contributed by atoms with Crippen LogP contribution in [0.3, 0.4) is 0 Å². The number of fused-ring (bicyclic) bond motifs is 1. The lowest BCUT2D eigenvalue weighted by molar-refractivity contribution is 0.414. The zero-order valence-electron chi connectivity index (χ0n) is 19.6. The van der Waals surface area contributed by atoms with E-state index in [-0.39, 0.29) is 6.04 Å². The molecule has 1 unspecified atom stereocenters. The average Bonchev–Trinajstić information content (AvgIpc) is 3.23. The molecule has 0 aliphatic carbocycles. The number of nitrogens with two attached hydrogens (primary N) is 1. The summed E-state index contributed by atoms with van der Waals surface area (Å²) in [4.78, 5) is 19.4. The Hall–Kier alpha value is -3.88. The molecule has 0 aliphatic rings. The molecule has 4 aromatic heterocycles. The molecule has 7 nitrogen and oxygen atoms in total. The van der Waals surface area contributed by atoms with E-state index < -0.39 is 0 Å². The molecule has 5 rings (SSSR count). The lowest BCUT2D eigenvalue weighted by Gasteiger charge is -2.15. The fourth-order valence-corrected chi connectivity index (χ4v) is 5.19. The Bertz CT molecular complexity index is 1440. The Kier molecular flexibility index (Phi) is 6.65. The van der Waals surface area contributed by atoms with Gasteiger partial charge in [0.25, 0.3) is 0 Å². The number of rotatable bonds is 8. The van der Waals surface area contributed by atoms with E-state index in [4.69, 9.17) is 20.4 Å². The number of thiophene rings is 1. The standard InChI is InChI=1S/C27H26N6OS/c1-17-23(21-10-13-30-16-22(21)34-2)24-25(35-17)27(33-26(32-24)19-8-11-29-12-9-19)31-15-20(28)14-18-6-4-3-5-7-18/h3-13,16,20H,14-15,28H2,1-2H3,(H,31,32,33). The van der Waals surface area contributed by atoms with Crippen molar-refractivity contribution in [2.45, 2.75) is 19.4 Å². The molecule has 0 radical (unpaired) electrons. The van der Waals surface area contributed by atoms with Crippen molar-refractivity contribution in [3.63, 3.8) is 0 Å². The predicted molar refractivity (Wildman–Crippen MR) is 142 cm³/mol. The van der Waals surface area contributed by atoms with Gasteiger partial charge in [0.2, 0.25) is 0 Å². The molecular formula is C27H26N6OS. The summed E-state index contributed by atoms with van der Waals surface area (Å²) in [5.74, 6) is 2.11. The maximum Gasteiger partial charge on any atom is 0.162 e. The first-order valence-corrected chi connectivity index (χ1v) is 12.2. The smallest absolute Gasteiger partial charge is 0.162 e. The predicted octanol–water partition coefficient (Wildman–Crippen LogP) is 5.11. The first-order chi connectivity index (χ1) is 17.1. The van der Waals surface area contributed by atoms with Crippen molar-refractivity contribution >= 4 is 27.4 Å². The van der Waals surface area contributed by atoms with Gasteiger partial charge < -0.3 is 15.8 Å². The van der Waals surface area contributed by atoms with Crippen LogP contribution in [0.4, 0.5) is 5.82 Å². The van der Waals surface area contributed by atoms with Crippen LogP contribution in [0.25, 0.3) is 32.7 Å². The van der Waals surface area contributed by atoms with Crippen LogP contribution < -0.4 is 15.8 Å². The summed E-state index contributed by atoms with van der Waals surface area (Å²) in [6.45, 7) is 2.68. The summed E-state index contributed by atoms with van der Waals surface area (Å²) in [5.41, 5.74) is 11.4. The Morgan fingerprint density at radius 2 is 1.77 bits per heavy atom. The lowest BCUT2D eigenvalue weighted by atomic mass is 10.1. The van der Waals surface area contributed by atoms with E-state index >= 15 is 0 Å². The topological polar surface area (TPSA) is 98.8 Å². The minimum Gasteiger partial charge on any atom is -0.494 e. The highest BCUT2D eigenvalue weighted by molar-refractivity contribution is 7.20. The number of benzene rings is 1. The molecule has 0 saturated heterocycles. The minimum atomic E-state index is -0.0624. The van der Waals surface area contributed by atoms with Crippen molar-refractivity contribution in [2.24, 2.45) is 5.73 Å². The van der Waals surface area contributed by atoms with Gasteiger partial charge >= 0.3 is 0 Å². The van der Waals surface area contributed by atoms with Gasteiger partial charge in [0.1, 0.15) is 11.6 Å². The van der Waals surface area contributed by atoms with Crippen LogP contribution in [0.1, 0.15) is 10.4 Å². The van der Waals surface area contributed by atoms with Crippen molar-refractivity contribution in [3.05, 3.63) is 83.8 Å². The highest BCUT2D eigenvalue weighted by Gasteiger charge is 2.21. The molecule has 35 heavy (non-hydrogen) atoms. The second-order valence-electron chi connectivity index (χ2n) is 8.25. The lowest BCUT2D eigenvalue weighted by Crippen LogP contribution is -2.31. The second-order valence-corrected chi connectivity index (χ2v) is 9.47. The number of pyridine rings is 2. The Balaban J connectivity index is 1.57. The second kappa shape index (κ2) is 10.2. The van der Waals surface area contributed by atoms with Crippen LogP contribution in [0.2, 0.25) is 0 Å². The number of aromatic nitrogens is 4. The van der Waals surface area contributed by atoms with Gasteiger partial charge in [0.15, 0.2) is 5.82 Å². The fourth-order valence-electron chi connectivity index (χ4n) is 4.12. The minimum absolute atomic E-state index is 0.0624. The van der Waals surface area contributed by atoms with Crippen molar-refractivity contribution in [1.29, 1.82) is 0 Å². The van der Waals surface area contributed by atoms with E-state index in [9.17, 15) is 0 Å². The molecule has 0 aliphatic heterocycles. The Labute approximate surface area is 208 Å². The average molecular weight is 483 g/mol. The molecular weight excluding hydrogens is 456 g/mol. The molecule has 0 amide bonds. The van der Waals surface area contributed by atoms with Gasteiger partial charge in [0, 0.05) is 52.7 Å². The SMILES string of the molecule is COc1cnccc1-c1c(C)sc2c(NCC(N)Cc3ccccc3)nc(-c3ccncc3)nc12. The summed E-state index contributed by atoms with van der Waals surface area (Å²) in [6.07, 6.45) is 7.77. The van der Waals surface area contributed by atoms with E-state index in [1.807, 2.05) is 36.4 Å². The molecule has 1 atom stereocenters. The molecule has 1 aromatic carbocycles. The molecule has 8 heteroatoms. The van der Waals surface area contributed by atoms with Gasteiger partial charge in [-0.3, -0.25) is 9.97 Å². The van der Waals surface area contributed by atoms with E-state index in [1.165, 1.54) is 5.56 Å². The zero-order valence-corrected chi connectivity index (χ0v) is 20.4. The van der Waals surface area contributed by atoms with Gasteiger partial charge in [-0.25, -0.2) is 9.97 Å². The summed E-state index contributed by atoms with van der Waals surface area (Å²) < 4.78 is 6.60. The van der Waals surface area contributed by atoms with Crippen LogP contribution in [-0.4, -0.2) is 39.6 Å². The third kappa shape index (κ3) is 4.84. The van der Waals surface area contributed by atoms with Gasteiger partial charge in [-0.05, 0) is 37.1 Å². The maximum absolute atomic E-state index is 6.48. The highest BCUT2D eigenvalue weighted by Crippen LogP contribution is 2.43. The third-order valence-corrected chi connectivity index (χ3v) is 6.90. The summed E-state index contributed by atoms with van der Waals surface area (Å²) in [5, 5.41) is 3.51. The number of anilines is 1. The molecule has 176 valence electrons. The van der Waals surface area contributed by atoms with Crippen LogP contribution in [0.15, 0.2) is 73.3 Å². The van der Waals surface area contributed by atoms with Crippen molar-refractivity contribution in [2.75, 3.05) is 19.0 Å². The summed E-state index contributed by atoms with van der Waals surface area (Å²) in [6, 6.07) is 16.0. The first-order valence-electron chi connectivity index (χ1n) is 11.4. The van der Waals surface area contributed by atoms with Crippen LogP contribution in [-0.2, 0) is 6.42 Å².